The molecule has 0 radical (unpaired) electrons. The zero-order valence-electron chi connectivity index (χ0n) is 17.3. The Labute approximate surface area is 181 Å². The smallest absolute Gasteiger partial charge is 0.246 e. The van der Waals surface area contributed by atoms with Crippen LogP contribution in [-0.4, -0.2) is 51.6 Å². The molecule has 3 aliphatic heterocycles. The molecule has 158 valence electrons. The van der Waals surface area contributed by atoms with E-state index in [0.29, 0.717) is 23.5 Å². The van der Waals surface area contributed by atoms with Crippen LogP contribution in [0.3, 0.4) is 0 Å². The van der Waals surface area contributed by atoms with Gasteiger partial charge in [0.1, 0.15) is 5.82 Å². The van der Waals surface area contributed by atoms with Gasteiger partial charge in [-0.15, -0.1) is 11.8 Å². The second-order valence-corrected chi connectivity index (χ2v) is 9.02. The molecule has 0 bridgehead atoms. The second kappa shape index (κ2) is 9.60. The molecule has 0 aliphatic carbocycles. The van der Waals surface area contributed by atoms with Crippen LogP contribution in [0.25, 0.3) is 6.08 Å². The Morgan fingerprint density at radius 3 is 2.93 bits per heavy atom. The molecule has 1 saturated heterocycles. The number of fused-ring (bicyclic) bond motifs is 1. The molecular formula is C23H28N4O2S. The van der Waals surface area contributed by atoms with Crippen molar-refractivity contribution in [1.29, 1.82) is 0 Å². The number of rotatable bonds is 4. The number of amides is 2. The molecule has 1 aromatic heterocycles. The van der Waals surface area contributed by atoms with Crippen molar-refractivity contribution in [1.82, 2.24) is 9.88 Å². The van der Waals surface area contributed by atoms with E-state index in [2.05, 4.69) is 28.3 Å². The van der Waals surface area contributed by atoms with E-state index in [1.54, 1.807) is 24.0 Å². The molecule has 30 heavy (non-hydrogen) atoms. The van der Waals surface area contributed by atoms with E-state index >= 15 is 0 Å². The Hall–Kier alpha value is -2.41. The van der Waals surface area contributed by atoms with Gasteiger partial charge in [-0.3, -0.25) is 14.6 Å². The van der Waals surface area contributed by atoms with E-state index in [1.807, 2.05) is 22.6 Å². The monoisotopic (exact) mass is 424 g/mol. The van der Waals surface area contributed by atoms with Crippen molar-refractivity contribution < 1.29 is 9.59 Å². The summed E-state index contributed by atoms with van der Waals surface area (Å²) in [5.74, 6) is 0.706. The Kier molecular flexibility index (Phi) is 6.67. The van der Waals surface area contributed by atoms with Crippen molar-refractivity contribution in [3.8, 4) is 0 Å². The zero-order valence-corrected chi connectivity index (χ0v) is 18.2. The van der Waals surface area contributed by atoms with Gasteiger partial charge in [-0.1, -0.05) is 18.6 Å². The van der Waals surface area contributed by atoms with Crippen LogP contribution in [0.2, 0.25) is 0 Å². The molecule has 4 rings (SSSR count). The molecule has 7 heteroatoms. The lowest BCUT2D eigenvalue weighted by Crippen LogP contribution is -2.35. The highest BCUT2D eigenvalue weighted by molar-refractivity contribution is 8.13. The van der Waals surface area contributed by atoms with Crippen LogP contribution in [0.5, 0.6) is 0 Å². The van der Waals surface area contributed by atoms with Gasteiger partial charge < -0.3 is 10.2 Å². The first-order chi connectivity index (χ1) is 14.6. The van der Waals surface area contributed by atoms with Gasteiger partial charge in [0.2, 0.25) is 11.8 Å². The summed E-state index contributed by atoms with van der Waals surface area (Å²) in [6, 6.07) is 2.41. The van der Waals surface area contributed by atoms with E-state index in [9.17, 15) is 9.59 Å². The molecule has 1 N–H and O–H groups in total. The summed E-state index contributed by atoms with van der Waals surface area (Å²) in [7, 11) is 0. The molecule has 6 nitrogen and oxygen atoms in total. The number of aryl methyl sites for hydroxylation is 1. The number of hydrogen-bond acceptors (Lipinski definition) is 5. The quantitative estimate of drug-likeness (QED) is 0.589. The number of nitrogens with zero attached hydrogens (tertiary/aromatic N) is 3. The molecule has 4 heterocycles. The number of carbonyl (C=O) groups excluding carboxylic acids is 2. The largest absolute Gasteiger partial charge is 0.339 e. The molecular weight excluding hydrogens is 396 g/mol. The third-order valence-electron chi connectivity index (χ3n) is 5.90. The maximum absolute atomic E-state index is 12.6. The summed E-state index contributed by atoms with van der Waals surface area (Å²) in [5, 5.41) is 3.29. The number of hydrogen-bond donors (Lipinski definition) is 1. The van der Waals surface area contributed by atoms with Crippen molar-refractivity contribution in [3.05, 3.63) is 41.1 Å². The number of aromatic nitrogens is 1. The van der Waals surface area contributed by atoms with E-state index in [4.69, 9.17) is 0 Å². The normalized spacial score (nSPS) is 24.0. The van der Waals surface area contributed by atoms with Crippen LogP contribution < -0.4 is 5.32 Å². The van der Waals surface area contributed by atoms with Gasteiger partial charge in [-0.2, -0.15) is 0 Å². The van der Waals surface area contributed by atoms with E-state index in [-0.39, 0.29) is 11.8 Å². The minimum atomic E-state index is 0.0162. The Balaban J connectivity index is 1.32. The van der Waals surface area contributed by atoms with Crippen molar-refractivity contribution in [2.75, 3.05) is 18.4 Å². The van der Waals surface area contributed by atoms with Gasteiger partial charge in [0.05, 0.1) is 16.8 Å². The van der Waals surface area contributed by atoms with Gasteiger partial charge >= 0.3 is 0 Å². The zero-order chi connectivity index (χ0) is 20.9. The maximum Gasteiger partial charge on any atom is 0.246 e. The van der Waals surface area contributed by atoms with Crippen molar-refractivity contribution in [3.63, 3.8) is 0 Å². The fourth-order valence-electron chi connectivity index (χ4n) is 4.09. The third-order valence-corrected chi connectivity index (χ3v) is 6.91. The third kappa shape index (κ3) is 5.01. The minimum absolute atomic E-state index is 0.0162. The van der Waals surface area contributed by atoms with Gasteiger partial charge in [0.15, 0.2) is 0 Å². The molecule has 0 aromatic carbocycles. The number of pyridine rings is 1. The number of thioether (sulfide) groups is 1. The average molecular weight is 425 g/mol. The molecule has 2 atom stereocenters. The molecule has 0 saturated carbocycles. The minimum Gasteiger partial charge on any atom is -0.339 e. The summed E-state index contributed by atoms with van der Waals surface area (Å²) >= 11 is 1.80. The van der Waals surface area contributed by atoms with Gasteiger partial charge in [0.25, 0.3) is 0 Å². The lowest BCUT2D eigenvalue weighted by molar-refractivity contribution is -0.126. The highest BCUT2D eigenvalue weighted by Gasteiger charge is 2.24. The van der Waals surface area contributed by atoms with Crippen LogP contribution in [-0.2, 0) is 16.0 Å². The molecule has 1 aromatic rings. The Morgan fingerprint density at radius 2 is 2.13 bits per heavy atom. The predicted octanol–water partition coefficient (Wildman–Crippen LogP) is 3.84. The summed E-state index contributed by atoms with van der Waals surface area (Å²) in [6.45, 7) is 3.71. The van der Waals surface area contributed by atoms with E-state index in [0.717, 1.165) is 56.3 Å². The summed E-state index contributed by atoms with van der Waals surface area (Å²) in [6.07, 6.45) is 12.7. The standard InChI is InChI=1S/C23H28N4O2S/c1-2-19-20(30-15-25-19)13-16-8-10-27(11-9-16)22(29)7-6-17-12-18-4-3-5-21(28)26-23(18)24-14-17/h6-7,12-15,19-20H,2-5,8-11H2,1H3,(H,24,26,28). The first kappa shape index (κ1) is 20.8. The SMILES string of the molecule is CCC1N=CSC1C=C1CCN(C(=O)C=Cc2cnc3c(c2)CCCC(=O)N3)CC1. The van der Waals surface area contributed by atoms with Crippen LogP contribution in [0, 0.1) is 0 Å². The lowest BCUT2D eigenvalue weighted by atomic mass is 10.00. The number of nitrogens with one attached hydrogen (secondary N) is 1. The van der Waals surface area contributed by atoms with Gasteiger partial charge in [-0.05, 0) is 55.4 Å². The molecule has 1 fully saturated rings. The number of anilines is 1. The highest BCUT2D eigenvalue weighted by Crippen LogP contribution is 2.29. The fourth-order valence-corrected chi connectivity index (χ4v) is 5.17. The maximum atomic E-state index is 12.6. The van der Waals surface area contributed by atoms with Gasteiger partial charge in [0, 0.05) is 31.8 Å². The van der Waals surface area contributed by atoms with Gasteiger partial charge in [-0.25, -0.2) is 4.98 Å². The van der Waals surface area contributed by atoms with Crippen molar-refractivity contribution in [2.45, 2.75) is 56.7 Å². The first-order valence-electron chi connectivity index (χ1n) is 10.7. The topological polar surface area (TPSA) is 74.7 Å². The van der Waals surface area contributed by atoms with Crippen molar-refractivity contribution in [2.24, 2.45) is 4.99 Å². The predicted molar refractivity (Wildman–Crippen MR) is 123 cm³/mol. The fraction of sp³-hybridized carbons (Fsp3) is 0.478. The van der Waals surface area contributed by atoms with Crippen LogP contribution in [0.1, 0.15) is 50.2 Å². The summed E-state index contributed by atoms with van der Waals surface area (Å²) in [5.41, 5.74) is 5.34. The number of aliphatic imine (C=N–C) groups is 1. The highest BCUT2D eigenvalue weighted by atomic mass is 32.2. The lowest BCUT2D eigenvalue weighted by Gasteiger charge is -2.28. The number of likely N-dealkylation sites (tertiary alicyclic amines) is 1. The molecule has 3 aliphatic rings. The van der Waals surface area contributed by atoms with E-state index < -0.39 is 0 Å². The van der Waals surface area contributed by atoms with Crippen LogP contribution >= 0.6 is 11.8 Å². The molecule has 2 amide bonds. The summed E-state index contributed by atoms with van der Waals surface area (Å²) < 4.78 is 0. The van der Waals surface area contributed by atoms with E-state index in [1.165, 1.54) is 5.57 Å². The molecule has 0 spiro atoms. The Morgan fingerprint density at radius 1 is 1.30 bits per heavy atom. The second-order valence-electron chi connectivity index (χ2n) is 7.99. The van der Waals surface area contributed by atoms with Crippen LogP contribution in [0.4, 0.5) is 5.82 Å². The number of carbonyl (C=O) groups is 2. The van der Waals surface area contributed by atoms with Crippen molar-refractivity contribution >= 4 is 41.0 Å². The summed E-state index contributed by atoms with van der Waals surface area (Å²) in [4.78, 5) is 35.1. The van der Waals surface area contributed by atoms with Crippen LogP contribution in [0.15, 0.2) is 35.0 Å². The average Bonchev–Trinajstić information content (AvgIpc) is 3.12. The first-order valence-corrected chi connectivity index (χ1v) is 11.7. The number of piperidine rings is 1. The Bertz CT molecular complexity index is 898. The molecule has 2 unspecified atom stereocenters.